The maximum Gasteiger partial charge on any atom is 0.469 e. The molecule has 0 fully saturated rings. The number of ether oxygens (including phenoxy) is 2. The van der Waals surface area contributed by atoms with Gasteiger partial charge in [0.25, 0.3) is 0 Å². The Balaban J connectivity index is 4.11. The molecular formula is C33H59O9P. The second kappa shape index (κ2) is 29.0. The molecule has 0 radical (unpaired) electrons. The summed E-state index contributed by atoms with van der Waals surface area (Å²) in [6, 6.07) is 0. The first-order chi connectivity index (χ1) is 20.7. The molecule has 0 heterocycles. The number of phosphoric ester groups is 1. The second-order valence-electron chi connectivity index (χ2n) is 11.0. The molecular weight excluding hydrogens is 571 g/mol. The molecule has 0 aromatic rings. The third kappa shape index (κ3) is 31.5. The van der Waals surface area contributed by atoms with E-state index in [1.807, 2.05) is 24.3 Å². The highest BCUT2D eigenvalue weighted by atomic mass is 31.2. The highest BCUT2D eigenvalue weighted by Crippen LogP contribution is 2.35. The Morgan fingerprint density at radius 1 is 0.721 bits per heavy atom. The number of carbonyl (C=O) groups excluding carboxylic acids is 2. The van der Waals surface area contributed by atoms with Crippen molar-refractivity contribution >= 4 is 19.8 Å². The second-order valence-corrected chi connectivity index (χ2v) is 12.2. The van der Waals surface area contributed by atoms with Crippen molar-refractivity contribution in [2.75, 3.05) is 13.2 Å². The number of hydrogen-bond acceptors (Lipinski definition) is 7. The van der Waals surface area contributed by atoms with Gasteiger partial charge in [0.1, 0.15) is 6.61 Å². The van der Waals surface area contributed by atoms with E-state index in [1.54, 1.807) is 6.08 Å². The van der Waals surface area contributed by atoms with E-state index in [0.717, 1.165) is 57.8 Å². The van der Waals surface area contributed by atoms with Crippen molar-refractivity contribution in [2.24, 2.45) is 0 Å². The molecule has 43 heavy (non-hydrogen) atoms. The largest absolute Gasteiger partial charge is 0.469 e. The number of hydrogen-bond donors (Lipinski definition) is 3. The van der Waals surface area contributed by atoms with Gasteiger partial charge in [-0.25, -0.2) is 4.57 Å². The van der Waals surface area contributed by atoms with Crippen LogP contribution in [-0.4, -0.2) is 52.3 Å². The van der Waals surface area contributed by atoms with E-state index < -0.39 is 38.6 Å². The van der Waals surface area contributed by atoms with Crippen LogP contribution in [0.2, 0.25) is 0 Å². The van der Waals surface area contributed by atoms with E-state index in [4.69, 9.17) is 19.3 Å². The van der Waals surface area contributed by atoms with E-state index in [-0.39, 0.29) is 19.4 Å². The summed E-state index contributed by atoms with van der Waals surface area (Å²) in [7, 11) is -4.76. The minimum absolute atomic E-state index is 0.166. The van der Waals surface area contributed by atoms with Crippen LogP contribution < -0.4 is 0 Å². The number of carbonyl (C=O) groups is 2. The summed E-state index contributed by atoms with van der Waals surface area (Å²) >= 11 is 0. The van der Waals surface area contributed by atoms with Gasteiger partial charge in [0.15, 0.2) is 6.10 Å². The molecule has 0 aromatic heterocycles. The summed E-state index contributed by atoms with van der Waals surface area (Å²) in [6.07, 6.45) is 27.8. The number of unbranched alkanes of at least 4 members (excludes halogenated alkanes) is 13. The molecule has 9 nitrogen and oxygen atoms in total. The lowest BCUT2D eigenvalue weighted by Gasteiger charge is -2.18. The minimum Gasteiger partial charge on any atom is -0.462 e. The first kappa shape index (κ1) is 41.2. The summed E-state index contributed by atoms with van der Waals surface area (Å²) in [5.41, 5.74) is 0. The number of esters is 2. The maximum atomic E-state index is 12.3. The first-order valence-electron chi connectivity index (χ1n) is 16.4. The van der Waals surface area contributed by atoms with E-state index in [1.165, 1.54) is 32.1 Å². The summed E-state index contributed by atoms with van der Waals surface area (Å²) in [5, 5.41) is 9.80. The van der Waals surface area contributed by atoms with Gasteiger partial charge in [-0.2, -0.15) is 0 Å². The van der Waals surface area contributed by atoms with Crippen molar-refractivity contribution in [3.05, 3.63) is 36.5 Å². The standard InChI is InChI=1S/C33H59O9P/c1-3-5-7-8-9-11-15-18-22-26-32(35)40-28-31(29-41-43(37,38)39)42-33(36)27-23-19-16-13-10-12-14-17-21-25-30(34)24-20-6-4-2/h6,14,17,20-21,25,30-31,34H,3-5,7-13,15-16,18-19,22-24,26-29H2,1-2H3,(H2,37,38,39)/b17-14+,20-6+,25-21+/t30?,31-/m1/s1. The zero-order chi connectivity index (χ0) is 32.0. The van der Waals surface area contributed by atoms with Crippen LogP contribution in [0.25, 0.3) is 0 Å². The molecule has 0 aromatic carbocycles. The molecule has 0 amide bonds. The van der Waals surface area contributed by atoms with Crippen molar-refractivity contribution in [2.45, 2.75) is 148 Å². The summed E-state index contributed by atoms with van der Waals surface area (Å²) in [6.45, 7) is 3.40. The van der Waals surface area contributed by atoms with Crippen LogP contribution in [-0.2, 0) is 28.2 Å². The fraction of sp³-hybridized carbons (Fsp3) is 0.758. The molecule has 10 heteroatoms. The van der Waals surface area contributed by atoms with Crippen LogP contribution >= 0.6 is 7.82 Å². The number of aliphatic hydroxyl groups excluding tert-OH is 1. The number of aliphatic hydroxyl groups is 1. The normalized spacial score (nSPS) is 13.7. The lowest BCUT2D eigenvalue weighted by molar-refractivity contribution is -0.161. The van der Waals surface area contributed by atoms with Gasteiger partial charge in [-0.3, -0.25) is 14.1 Å². The van der Waals surface area contributed by atoms with Gasteiger partial charge in [-0.05, 0) is 38.5 Å². The number of rotatable bonds is 29. The van der Waals surface area contributed by atoms with E-state index in [0.29, 0.717) is 19.3 Å². The molecule has 0 aliphatic heterocycles. The number of allylic oxidation sites excluding steroid dienone is 4. The summed E-state index contributed by atoms with van der Waals surface area (Å²) < 4.78 is 26.1. The van der Waals surface area contributed by atoms with E-state index in [9.17, 15) is 19.3 Å². The van der Waals surface area contributed by atoms with Gasteiger partial charge in [0.2, 0.25) is 0 Å². The van der Waals surface area contributed by atoms with Crippen LogP contribution in [0.5, 0.6) is 0 Å². The van der Waals surface area contributed by atoms with Crippen molar-refractivity contribution in [1.29, 1.82) is 0 Å². The van der Waals surface area contributed by atoms with Crippen LogP contribution in [0.4, 0.5) is 0 Å². The van der Waals surface area contributed by atoms with Crippen molar-refractivity contribution < 1.29 is 43.0 Å². The van der Waals surface area contributed by atoms with Crippen LogP contribution in [0.15, 0.2) is 36.5 Å². The van der Waals surface area contributed by atoms with Crippen LogP contribution in [0.3, 0.4) is 0 Å². The Morgan fingerprint density at radius 2 is 1.30 bits per heavy atom. The molecule has 2 atom stereocenters. The lowest BCUT2D eigenvalue weighted by Crippen LogP contribution is -2.29. The maximum absolute atomic E-state index is 12.3. The molecule has 0 saturated carbocycles. The predicted molar refractivity (Wildman–Crippen MR) is 171 cm³/mol. The van der Waals surface area contributed by atoms with Gasteiger partial charge in [-0.1, -0.05) is 121 Å². The van der Waals surface area contributed by atoms with Gasteiger partial charge in [0, 0.05) is 12.8 Å². The average Bonchev–Trinajstić information content (AvgIpc) is 2.96. The first-order valence-corrected chi connectivity index (χ1v) is 17.9. The highest BCUT2D eigenvalue weighted by Gasteiger charge is 2.22. The third-order valence-corrected chi connectivity index (χ3v) is 7.24. The van der Waals surface area contributed by atoms with Gasteiger partial charge in [-0.15, -0.1) is 0 Å². The molecule has 250 valence electrons. The quantitative estimate of drug-likeness (QED) is 0.0246. The molecule has 0 aliphatic carbocycles. The average molecular weight is 631 g/mol. The molecule has 0 bridgehead atoms. The molecule has 0 saturated heterocycles. The lowest BCUT2D eigenvalue weighted by atomic mass is 10.1. The molecule has 0 aliphatic rings. The van der Waals surface area contributed by atoms with Crippen molar-refractivity contribution in [3.8, 4) is 0 Å². The smallest absolute Gasteiger partial charge is 0.462 e. The fourth-order valence-electron chi connectivity index (χ4n) is 4.29. The van der Waals surface area contributed by atoms with Crippen LogP contribution in [0, 0.1) is 0 Å². The Labute approximate surface area is 260 Å². The van der Waals surface area contributed by atoms with Gasteiger partial charge < -0.3 is 24.4 Å². The predicted octanol–water partition coefficient (Wildman–Crippen LogP) is 8.03. The van der Waals surface area contributed by atoms with E-state index >= 15 is 0 Å². The van der Waals surface area contributed by atoms with Crippen LogP contribution in [0.1, 0.15) is 136 Å². The van der Waals surface area contributed by atoms with E-state index in [2.05, 4.69) is 24.4 Å². The van der Waals surface area contributed by atoms with Crippen molar-refractivity contribution in [3.63, 3.8) is 0 Å². The zero-order valence-electron chi connectivity index (χ0n) is 26.7. The Bertz CT molecular complexity index is 819. The molecule has 0 spiro atoms. The summed E-state index contributed by atoms with van der Waals surface area (Å²) in [4.78, 5) is 42.4. The van der Waals surface area contributed by atoms with Gasteiger partial charge >= 0.3 is 19.8 Å². The third-order valence-electron chi connectivity index (χ3n) is 6.75. The monoisotopic (exact) mass is 630 g/mol. The summed E-state index contributed by atoms with van der Waals surface area (Å²) in [5.74, 6) is -0.945. The Kier molecular flexibility index (Phi) is 27.8. The SMILES string of the molecule is CC/C=C/CC(O)/C=C/C=C/CCCCCCCC(=O)O[C@H](COC(=O)CCCCCCCCCCC)COP(=O)(O)O. The number of phosphoric acid groups is 1. The zero-order valence-corrected chi connectivity index (χ0v) is 27.6. The van der Waals surface area contributed by atoms with Crippen molar-refractivity contribution in [1.82, 2.24) is 0 Å². The molecule has 3 N–H and O–H groups in total. The van der Waals surface area contributed by atoms with Gasteiger partial charge in [0.05, 0.1) is 12.7 Å². The fourth-order valence-corrected chi connectivity index (χ4v) is 4.65. The molecule has 0 rings (SSSR count). The topological polar surface area (TPSA) is 140 Å². The highest BCUT2D eigenvalue weighted by molar-refractivity contribution is 7.46. The minimum atomic E-state index is -4.76. The molecule has 1 unspecified atom stereocenters. The Morgan fingerprint density at radius 3 is 1.91 bits per heavy atom. The Hall–Kier alpha value is -1.77.